The third kappa shape index (κ3) is 5.97. The SMILES string of the molecule is CCOC(=O)c1ccccc1OC(CC)C(=O)NCC(=O)c1ccc(OC)c(Cl)c1. The number of ketones is 1. The molecule has 0 heterocycles. The van der Waals surface area contributed by atoms with Gasteiger partial charge in [0.05, 0.1) is 25.3 Å². The summed E-state index contributed by atoms with van der Waals surface area (Å²) in [5, 5.41) is 2.88. The van der Waals surface area contributed by atoms with Gasteiger partial charge in [0.25, 0.3) is 5.91 Å². The number of esters is 1. The van der Waals surface area contributed by atoms with Crippen molar-refractivity contribution in [2.24, 2.45) is 0 Å². The average Bonchev–Trinajstić information content (AvgIpc) is 2.75. The molecule has 0 fully saturated rings. The van der Waals surface area contributed by atoms with Crippen LogP contribution in [0, 0.1) is 0 Å². The fourth-order valence-electron chi connectivity index (χ4n) is 2.65. The Labute approximate surface area is 180 Å². The number of rotatable bonds is 10. The molecule has 0 spiro atoms. The van der Waals surface area contributed by atoms with E-state index >= 15 is 0 Å². The topological polar surface area (TPSA) is 90.9 Å². The van der Waals surface area contributed by atoms with Gasteiger partial charge in [0.15, 0.2) is 11.9 Å². The molecule has 0 aromatic heterocycles. The fourth-order valence-corrected chi connectivity index (χ4v) is 2.90. The zero-order valence-electron chi connectivity index (χ0n) is 17.1. The van der Waals surface area contributed by atoms with Gasteiger partial charge in [-0.15, -0.1) is 0 Å². The van der Waals surface area contributed by atoms with Crippen LogP contribution in [0.1, 0.15) is 41.0 Å². The van der Waals surface area contributed by atoms with E-state index in [4.69, 9.17) is 25.8 Å². The molecule has 160 valence electrons. The first-order chi connectivity index (χ1) is 14.4. The van der Waals surface area contributed by atoms with Crippen molar-refractivity contribution in [1.29, 1.82) is 0 Å². The monoisotopic (exact) mass is 433 g/mol. The van der Waals surface area contributed by atoms with E-state index in [2.05, 4.69) is 5.32 Å². The lowest BCUT2D eigenvalue weighted by Gasteiger charge is -2.19. The Morgan fingerprint density at radius 3 is 2.43 bits per heavy atom. The first-order valence-corrected chi connectivity index (χ1v) is 9.86. The van der Waals surface area contributed by atoms with Crippen LogP contribution in [0.3, 0.4) is 0 Å². The van der Waals surface area contributed by atoms with Crippen LogP contribution >= 0.6 is 11.6 Å². The normalized spacial score (nSPS) is 11.3. The summed E-state index contributed by atoms with van der Waals surface area (Å²) >= 11 is 6.04. The van der Waals surface area contributed by atoms with Crippen molar-refractivity contribution in [3.8, 4) is 11.5 Å². The van der Waals surface area contributed by atoms with Gasteiger partial charge in [-0.25, -0.2) is 4.79 Å². The molecule has 0 bridgehead atoms. The number of carbonyl (C=O) groups is 3. The molecule has 0 saturated carbocycles. The van der Waals surface area contributed by atoms with Gasteiger partial charge in [-0.1, -0.05) is 30.7 Å². The first kappa shape index (κ1) is 23.2. The number of halogens is 1. The van der Waals surface area contributed by atoms with E-state index in [9.17, 15) is 14.4 Å². The molecule has 1 atom stereocenters. The highest BCUT2D eigenvalue weighted by atomic mass is 35.5. The van der Waals surface area contributed by atoms with Crippen LogP contribution in [0.4, 0.5) is 0 Å². The minimum Gasteiger partial charge on any atom is -0.495 e. The smallest absolute Gasteiger partial charge is 0.341 e. The molecule has 0 aliphatic heterocycles. The van der Waals surface area contributed by atoms with Crippen LogP contribution < -0.4 is 14.8 Å². The quantitative estimate of drug-likeness (QED) is 0.454. The molecule has 0 radical (unpaired) electrons. The zero-order chi connectivity index (χ0) is 22.1. The number of nitrogens with one attached hydrogen (secondary N) is 1. The maximum atomic E-state index is 12.5. The number of Topliss-reactive ketones (excluding diaryl/α,β-unsaturated/α-hetero) is 1. The van der Waals surface area contributed by atoms with Gasteiger partial charge in [-0.3, -0.25) is 9.59 Å². The summed E-state index contributed by atoms with van der Waals surface area (Å²) in [6, 6.07) is 11.2. The molecule has 7 nitrogen and oxygen atoms in total. The van der Waals surface area contributed by atoms with Crippen molar-refractivity contribution in [3.05, 3.63) is 58.6 Å². The largest absolute Gasteiger partial charge is 0.495 e. The van der Waals surface area contributed by atoms with E-state index in [0.29, 0.717) is 22.8 Å². The lowest BCUT2D eigenvalue weighted by molar-refractivity contribution is -0.127. The van der Waals surface area contributed by atoms with E-state index < -0.39 is 18.0 Å². The standard InChI is InChI=1S/C22H24ClNO6/c1-4-18(30-19-9-7-6-8-15(19)22(27)29-5-2)21(26)24-13-17(25)14-10-11-20(28-3)16(23)12-14/h6-12,18H,4-5,13H2,1-3H3,(H,24,26). The molecule has 0 aliphatic rings. The van der Waals surface area contributed by atoms with Gasteiger partial charge in [-0.05, 0) is 43.7 Å². The van der Waals surface area contributed by atoms with Crippen molar-refractivity contribution < 1.29 is 28.6 Å². The Morgan fingerprint density at radius 2 is 1.80 bits per heavy atom. The number of hydrogen-bond acceptors (Lipinski definition) is 6. The average molecular weight is 434 g/mol. The molecular weight excluding hydrogens is 410 g/mol. The minimum absolute atomic E-state index is 0.221. The Morgan fingerprint density at radius 1 is 1.07 bits per heavy atom. The highest BCUT2D eigenvalue weighted by molar-refractivity contribution is 6.32. The van der Waals surface area contributed by atoms with Gasteiger partial charge in [0.1, 0.15) is 17.1 Å². The molecule has 2 rings (SSSR count). The third-order valence-electron chi connectivity index (χ3n) is 4.21. The molecule has 2 aromatic carbocycles. The second-order valence-corrected chi connectivity index (χ2v) is 6.63. The van der Waals surface area contributed by atoms with E-state index in [1.54, 1.807) is 50.2 Å². The number of para-hydroxylation sites is 1. The first-order valence-electron chi connectivity index (χ1n) is 9.48. The van der Waals surface area contributed by atoms with Gasteiger partial charge >= 0.3 is 5.97 Å². The Bertz CT molecular complexity index is 914. The summed E-state index contributed by atoms with van der Waals surface area (Å²) in [6.07, 6.45) is -0.543. The second-order valence-electron chi connectivity index (χ2n) is 6.22. The van der Waals surface area contributed by atoms with Gasteiger partial charge < -0.3 is 19.5 Å². The highest BCUT2D eigenvalue weighted by Gasteiger charge is 2.22. The Hall–Kier alpha value is -3.06. The van der Waals surface area contributed by atoms with E-state index in [1.165, 1.54) is 13.2 Å². The molecule has 8 heteroatoms. The van der Waals surface area contributed by atoms with Gasteiger partial charge in [0.2, 0.25) is 0 Å². The molecule has 0 aliphatic carbocycles. The summed E-state index contributed by atoms with van der Waals surface area (Å²) in [5.41, 5.74) is 0.581. The van der Waals surface area contributed by atoms with Crippen molar-refractivity contribution in [2.75, 3.05) is 20.3 Å². The summed E-state index contributed by atoms with van der Waals surface area (Å²) in [4.78, 5) is 37.0. The summed E-state index contributed by atoms with van der Waals surface area (Å²) in [7, 11) is 1.48. The molecule has 30 heavy (non-hydrogen) atoms. The minimum atomic E-state index is -0.882. The second kappa shape index (κ2) is 11.2. The summed E-state index contributed by atoms with van der Waals surface area (Å²) in [6.45, 7) is 3.47. The Kier molecular flexibility index (Phi) is 8.68. The summed E-state index contributed by atoms with van der Waals surface area (Å²) in [5.74, 6) is -0.614. The van der Waals surface area contributed by atoms with Crippen LogP contribution in [0.15, 0.2) is 42.5 Å². The van der Waals surface area contributed by atoms with E-state index in [1.807, 2.05) is 0 Å². The van der Waals surface area contributed by atoms with Crippen LogP contribution in [-0.2, 0) is 9.53 Å². The number of methoxy groups -OCH3 is 1. The number of amides is 1. The highest BCUT2D eigenvalue weighted by Crippen LogP contribution is 2.25. The lowest BCUT2D eigenvalue weighted by atomic mass is 10.1. The maximum absolute atomic E-state index is 12.5. The van der Waals surface area contributed by atoms with E-state index in [-0.39, 0.29) is 30.2 Å². The number of hydrogen-bond donors (Lipinski definition) is 1. The van der Waals surface area contributed by atoms with Gasteiger partial charge in [0, 0.05) is 5.56 Å². The van der Waals surface area contributed by atoms with Crippen LogP contribution in [-0.4, -0.2) is 44.0 Å². The fraction of sp³-hybridized carbons (Fsp3) is 0.318. The molecule has 1 unspecified atom stereocenters. The van der Waals surface area contributed by atoms with Crippen LogP contribution in [0.5, 0.6) is 11.5 Å². The number of carbonyl (C=O) groups excluding carboxylic acids is 3. The third-order valence-corrected chi connectivity index (χ3v) is 4.51. The molecule has 1 N–H and O–H groups in total. The van der Waals surface area contributed by atoms with Crippen molar-refractivity contribution in [3.63, 3.8) is 0 Å². The Balaban J connectivity index is 2.03. The van der Waals surface area contributed by atoms with Crippen LogP contribution in [0.25, 0.3) is 0 Å². The van der Waals surface area contributed by atoms with Crippen molar-refractivity contribution in [1.82, 2.24) is 5.32 Å². The van der Waals surface area contributed by atoms with Crippen molar-refractivity contribution in [2.45, 2.75) is 26.4 Å². The number of ether oxygens (including phenoxy) is 3. The molecule has 1 amide bonds. The predicted octanol–water partition coefficient (Wildman–Crippen LogP) is 3.68. The maximum Gasteiger partial charge on any atom is 0.341 e. The lowest BCUT2D eigenvalue weighted by Crippen LogP contribution is -2.40. The molecular formula is C22H24ClNO6. The van der Waals surface area contributed by atoms with E-state index in [0.717, 1.165) is 0 Å². The van der Waals surface area contributed by atoms with Crippen molar-refractivity contribution >= 4 is 29.3 Å². The van der Waals surface area contributed by atoms with Gasteiger partial charge in [-0.2, -0.15) is 0 Å². The van der Waals surface area contributed by atoms with Crippen LogP contribution in [0.2, 0.25) is 5.02 Å². The number of benzene rings is 2. The zero-order valence-corrected chi connectivity index (χ0v) is 17.8. The predicted molar refractivity (Wildman–Crippen MR) is 112 cm³/mol. The molecule has 2 aromatic rings. The molecule has 0 saturated heterocycles. The summed E-state index contributed by atoms with van der Waals surface area (Å²) < 4.78 is 15.8.